The summed E-state index contributed by atoms with van der Waals surface area (Å²) in [4.78, 5) is 38.6. The van der Waals surface area contributed by atoms with E-state index < -0.39 is 79.3 Å². The molecule has 0 saturated carbocycles. The Morgan fingerprint density at radius 2 is 1.41 bits per heavy atom. The number of alkyl carbamates (subject to hydrolysis) is 2. The lowest BCUT2D eigenvalue weighted by Gasteiger charge is -2.42. The highest BCUT2D eigenvalue weighted by Gasteiger charge is 2.46. The molecule has 46 heavy (non-hydrogen) atoms. The van der Waals surface area contributed by atoms with Crippen LogP contribution >= 0.6 is 0 Å². The molecule has 4 rings (SSSR count). The lowest BCUT2D eigenvalue weighted by molar-refractivity contribution is -0.270. The zero-order valence-electron chi connectivity index (χ0n) is 26.9. The largest absolute Gasteiger partial charge is 0.458 e. The average Bonchev–Trinajstić information content (AvgIpc) is 3.29. The minimum atomic E-state index is -1.66. The molecule has 2 aliphatic rings. The van der Waals surface area contributed by atoms with Crippen LogP contribution in [0.3, 0.4) is 0 Å². The van der Waals surface area contributed by atoms with E-state index in [2.05, 4.69) is 10.6 Å². The van der Waals surface area contributed by atoms with Crippen LogP contribution in [0.4, 0.5) is 9.59 Å². The van der Waals surface area contributed by atoms with Crippen LogP contribution in [0.2, 0.25) is 0 Å². The van der Waals surface area contributed by atoms with Gasteiger partial charge >= 0.3 is 18.2 Å². The number of aliphatic hydroxyl groups is 3. The van der Waals surface area contributed by atoms with E-state index in [1.807, 2.05) is 48.5 Å². The number of hydrogen-bond donors (Lipinski definition) is 5. The van der Waals surface area contributed by atoms with Gasteiger partial charge in [-0.3, -0.25) is 0 Å². The van der Waals surface area contributed by atoms with Crippen molar-refractivity contribution in [1.29, 1.82) is 0 Å². The first kappa shape index (κ1) is 35.1. The molecule has 13 heteroatoms. The summed E-state index contributed by atoms with van der Waals surface area (Å²) < 4.78 is 27.8. The van der Waals surface area contributed by atoms with Gasteiger partial charge in [-0.2, -0.15) is 0 Å². The lowest BCUT2D eigenvalue weighted by atomic mass is 9.97. The Morgan fingerprint density at radius 3 is 1.96 bits per heavy atom. The molecule has 0 aromatic heterocycles. The van der Waals surface area contributed by atoms with Crippen molar-refractivity contribution < 1.29 is 53.4 Å². The fourth-order valence-corrected chi connectivity index (χ4v) is 5.34. The lowest BCUT2D eigenvalue weighted by Crippen LogP contribution is -2.65. The Balaban J connectivity index is 1.47. The van der Waals surface area contributed by atoms with E-state index in [1.165, 1.54) is 0 Å². The Hall–Kier alpha value is -3.75. The van der Waals surface area contributed by atoms with Crippen molar-refractivity contribution in [2.75, 3.05) is 19.8 Å². The van der Waals surface area contributed by atoms with Gasteiger partial charge in [-0.1, -0.05) is 48.5 Å². The summed E-state index contributed by atoms with van der Waals surface area (Å²) in [6, 6.07) is 12.9. The van der Waals surface area contributed by atoms with Crippen molar-refractivity contribution in [3.8, 4) is 11.1 Å². The maximum absolute atomic E-state index is 13.1. The van der Waals surface area contributed by atoms with Gasteiger partial charge in [0.05, 0.1) is 13.2 Å². The number of benzene rings is 2. The highest BCUT2D eigenvalue weighted by Crippen LogP contribution is 2.44. The number of ether oxygens (including phenoxy) is 5. The van der Waals surface area contributed by atoms with Gasteiger partial charge in [0.15, 0.2) is 12.3 Å². The SMILES string of the molecule is CC(C)(C)OC(=O)N[C@@H](CO[C@H]1O[C@H](CO)[C@H](O)[C@H](O)[C@H]1NC(=O)OCC1c2ccccc2-c2ccccc21)C(=O)OC(C)(C)C. The van der Waals surface area contributed by atoms with E-state index in [-0.39, 0.29) is 12.5 Å². The van der Waals surface area contributed by atoms with Crippen molar-refractivity contribution in [1.82, 2.24) is 10.6 Å². The van der Waals surface area contributed by atoms with Crippen molar-refractivity contribution in [3.63, 3.8) is 0 Å². The fraction of sp³-hybridized carbons (Fsp3) is 0.545. The molecule has 1 fully saturated rings. The Morgan fingerprint density at radius 1 is 0.848 bits per heavy atom. The van der Waals surface area contributed by atoms with Crippen molar-refractivity contribution in [3.05, 3.63) is 59.7 Å². The summed E-state index contributed by atoms with van der Waals surface area (Å²) in [5.41, 5.74) is 2.35. The van der Waals surface area contributed by atoms with Crippen LogP contribution in [0.5, 0.6) is 0 Å². The molecule has 1 saturated heterocycles. The maximum atomic E-state index is 13.1. The minimum Gasteiger partial charge on any atom is -0.458 e. The number of nitrogens with one attached hydrogen (secondary N) is 2. The van der Waals surface area contributed by atoms with Crippen LogP contribution in [0.25, 0.3) is 11.1 Å². The van der Waals surface area contributed by atoms with Gasteiger partial charge in [-0.15, -0.1) is 0 Å². The van der Waals surface area contributed by atoms with Crippen LogP contribution < -0.4 is 10.6 Å². The molecule has 0 bridgehead atoms. The maximum Gasteiger partial charge on any atom is 0.408 e. The van der Waals surface area contributed by atoms with Crippen molar-refractivity contribution in [2.24, 2.45) is 0 Å². The summed E-state index contributed by atoms with van der Waals surface area (Å²) in [6.45, 7) is 8.69. The molecule has 2 aromatic rings. The van der Waals surface area contributed by atoms with Gasteiger partial charge in [0.25, 0.3) is 0 Å². The third-order valence-electron chi connectivity index (χ3n) is 7.32. The predicted octanol–water partition coefficient (Wildman–Crippen LogP) is 2.58. The van der Waals surface area contributed by atoms with E-state index in [9.17, 15) is 29.7 Å². The minimum absolute atomic E-state index is 0.0165. The van der Waals surface area contributed by atoms with E-state index in [0.29, 0.717) is 0 Å². The van der Waals surface area contributed by atoms with Gasteiger partial charge in [-0.25, -0.2) is 14.4 Å². The molecule has 2 aromatic carbocycles. The molecule has 0 spiro atoms. The standard InChI is InChI=1S/C33H44N2O11/c1-32(2,3)45-28(39)23(34-31(41)46-33(4,5)6)17-42-29-25(27(38)26(37)24(15-36)44-29)35-30(40)43-16-22-20-13-9-7-11-18(20)19-12-8-10-14-21(19)22/h7-14,22-27,29,36-38H,15-17H2,1-6H3,(H,34,41)(H,35,40)/t23-,24+,25+,26-,27+,29-/m0/s1. The van der Waals surface area contributed by atoms with Gasteiger partial charge in [0, 0.05) is 5.92 Å². The first-order valence-electron chi connectivity index (χ1n) is 15.2. The highest BCUT2D eigenvalue weighted by molar-refractivity contribution is 5.82. The Bertz CT molecular complexity index is 1340. The number of carbonyl (C=O) groups is 3. The van der Waals surface area contributed by atoms with Crippen LogP contribution in [-0.4, -0.2) is 101 Å². The van der Waals surface area contributed by atoms with E-state index in [0.717, 1.165) is 22.3 Å². The molecule has 0 unspecified atom stereocenters. The molecule has 6 atom stereocenters. The molecule has 1 aliphatic heterocycles. The third-order valence-corrected chi connectivity index (χ3v) is 7.32. The van der Waals surface area contributed by atoms with E-state index in [1.54, 1.807) is 41.5 Å². The number of carbonyl (C=O) groups excluding carboxylic acids is 3. The molecule has 0 radical (unpaired) electrons. The van der Waals surface area contributed by atoms with Crippen LogP contribution in [0, 0.1) is 0 Å². The number of rotatable bonds is 9. The van der Waals surface area contributed by atoms with Gasteiger partial charge in [0.1, 0.15) is 42.2 Å². The zero-order valence-corrected chi connectivity index (χ0v) is 26.9. The molecule has 1 heterocycles. The van der Waals surface area contributed by atoms with Gasteiger partial charge in [-0.05, 0) is 63.8 Å². The number of hydrogen-bond acceptors (Lipinski definition) is 11. The van der Waals surface area contributed by atoms with Gasteiger partial charge < -0.3 is 49.6 Å². The first-order chi connectivity index (χ1) is 21.6. The second-order valence-electron chi connectivity index (χ2n) is 13.3. The van der Waals surface area contributed by atoms with Crippen molar-refractivity contribution in [2.45, 2.75) is 95.3 Å². The number of fused-ring (bicyclic) bond motifs is 3. The Labute approximate surface area is 268 Å². The number of esters is 1. The normalized spacial score (nSPS) is 23.5. The summed E-state index contributed by atoms with van der Waals surface area (Å²) >= 11 is 0. The van der Waals surface area contributed by atoms with Crippen molar-refractivity contribution >= 4 is 18.2 Å². The summed E-state index contributed by atoms with van der Waals surface area (Å²) in [5, 5.41) is 36.1. The van der Waals surface area contributed by atoms with Crippen LogP contribution in [0.1, 0.15) is 58.6 Å². The van der Waals surface area contributed by atoms with Crippen LogP contribution in [0.15, 0.2) is 48.5 Å². The van der Waals surface area contributed by atoms with E-state index in [4.69, 9.17) is 23.7 Å². The summed E-state index contributed by atoms with van der Waals surface area (Å²) in [6.07, 6.45) is -7.84. The molecule has 252 valence electrons. The fourth-order valence-electron chi connectivity index (χ4n) is 5.34. The summed E-state index contributed by atoms with van der Waals surface area (Å²) in [5.74, 6) is -1.06. The zero-order chi connectivity index (χ0) is 33.8. The van der Waals surface area contributed by atoms with Crippen LogP contribution in [-0.2, 0) is 28.5 Å². The highest BCUT2D eigenvalue weighted by atomic mass is 16.7. The first-order valence-corrected chi connectivity index (χ1v) is 15.2. The molecule has 1 aliphatic carbocycles. The monoisotopic (exact) mass is 644 g/mol. The van der Waals surface area contributed by atoms with Gasteiger partial charge in [0.2, 0.25) is 0 Å². The molecule has 13 nitrogen and oxygen atoms in total. The summed E-state index contributed by atoms with van der Waals surface area (Å²) in [7, 11) is 0. The average molecular weight is 645 g/mol. The smallest absolute Gasteiger partial charge is 0.408 e. The molecular weight excluding hydrogens is 600 g/mol. The number of aliphatic hydroxyl groups excluding tert-OH is 3. The molecule has 5 N–H and O–H groups in total. The Kier molecular flexibility index (Phi) is 11.0. The second kappa shape index (κ2) is 14.3. The van der Waals surface area contributed by atoms with E-state index >= 15 is 0 Å². The number of amides is 2. The third kappa shape index (κ3) is 8.74. The predicted molar refractivity (Wildman–Crippen MR) is 165 cm³/mol. The second-order valence-corrected chi connectivity index (χ2v) is 13.3. The molecular formula is C33H44N2O11. The topological polar surface area (TPSA) is 182 Å². The molecule has 2 amide bonds. The quantitative estimate of drug-likeness (QED) is 0.200.